The fourth-order valence-electron chi connectivity index (χ4n) is 3.47. The molecule has 0 radical (unpaired) electrons. The van der Waals surface area contributed by atoms with Gasteiger partial charge in [-0.3, -0.25) is 9.59 Å². The first-order chi connectivity index (χ1) is 17.5. The Hall–Kier alpha value is -4.06. The van der Waals surface area contributed by atoms with E-state index in [4.69, 9.17) is 11.6 Å². The van der Waals surface area contributed by atoms with E-state index >= 15 is 0 Å². The molecule has 1 amide bonds. The number of nitrogens with one attached hydrogen (secondary N) is 3. The van der Waals surface area contributed by atoms with Crippen LogP contribution in [0.2, 0.25) is 5.02 Å². The molecular weight excluding hydrogens is 518 g/mol. The smallest absolute Gasteiger partial charge is 0.276 e. The summed E-state index contributed by atoms with van der Waals surface area (Å²) in [6.07, 6.45) is -1.55. The highest BCUT2D eigenvalue weighted by Gasteiger charge is 2.24. The lowest BCUT2D eigenvalue weighted by Gasteiger charge is -2.15. The molecule has 4 N–H and O–H groups in total. The summed E-state index contributed by atoms with van der Waals surface area (Å²) in [4.78, 5) is 33.3. The van der Waals surface area contributed by atoms with E-state index in [1.807, 2.05) is 6.92 Å². The Balaban J connectivity index is 1.80. The minimum absolute atomic E-state index is 0.0506. The molecule has 190 valence electrons. The lowest BCUT2D eigenvalue weighted by Crippen LogP contribution is -2.29. The van der Waals surface area contributed by atoms with Gasteiger partial charge in [0.1, 0.15) is 11.8 Å². The molecule has 0 saturated heterocycles. The number of carbonyl (C=O) groups is 1. The Labute approximate surface area is 217 Å². The standard InChI is InChI=1S/C25H22ClN5O5S/c1-14-3-10-19(11-4-14)37(35,36)31-30-22(24(33)16-5-8-18(9-6-16)27-15(2)32)23-25(34)29-21-13-17(26)7-12-20(21)28-23/h3-13,24,31,33H,1-2H3,(H,27,32)(H,29,34)/b30-22+/t24-/m1/s1. The summed E-state index contributed by atoms with van der Waals surface area (Å²) in [6.45, 7) is 3.18. The first-order valence-electron chi connectivity index (χ1n) is 10.9. The number of hydrazone groups is 1. The number of amides is 1. The second-order valence-electron chi connectivity index (χ2n) is 8.19. The highest BCUT2D eigenvalue weighted by atomic mass is 35.5. The Bertz CT molecular complexity index is 1670. The maximum Gasteiger partial charge on any atom is 0.276 e. The molecule has 1 atom stereocenters. The lowest BCUT2D eigenvalue weighted by molar-refractivity contribution is -0.114. The average Bonchev–Trinajstić information content (AvgIpc) is 2.84. The highest BCUT2D eigenvalue weighted by molar-refractivity contribution is 7.89. The van der Waals surface area contributed by atoms with E-state index in [0.717, 1.165) is 5.56 Å². The van der Waals surface area contributed by atoms with Crippen LogP contribution in [0.5, 0.6) is 0 Å². The number of aliphatic hydroxyl groups is 1. The number of aromatic amines is 1. The Morgan fingerprint density at radius 3 is 2.41 bits per heavy atom. The number of aromatic nitrogens is 2. The van der Waals surface area contributed by atoms with Crippen molar-refractivity contribution in [3.63, 3.8) is 0 Å². The second-order valence-corrected chi connectivity index (χ2v) is 10.3. The van der Waals surface area contributed by atoms with Crippen LogP contribution in [0.25, 0.3) is 11.0 Å². The van der Waals surface area contributed by atoms with E-state index in [9.17, 15) is 23.1 Å². The van der Waals surface area contributed by atoms with Crippen molar-refractivity contribution in [2.24, 2.45) is 5.10 Å². The largest absolute Gasteiger partial charge is 0.382 e. The van der Waals surface area contributed by atoms with E-state index < -0.39 is 21.7 Å². The molecule has 3 aromatic carbocycles. The summed E-state index contributed by atoms with van der Waals surface area (Å²) < 4.78 is 25.7. The predicted molar refractivity (Wildman–Crippen MR) is 141 cm³/mol. The third kappa shape index (κ3) is 6.02. The highest BCUT2D eigenvalue weighted by Crippen LogP contribution is 2.22. The quantitative estimate of drug-likeness (QED) is 0.209. The summed E-state index contributed by atoms with van der Waals surface area (Å²) in [7, 11) is -4.13. The van der Waals surface area contributed by atoms with Crippen molar-refractivity contribution in [3.05, 3.63) is 98.9 Å². The molecule has 0 fully saturated rings. The van der Waals surface area contributed by atoms with E-state index in [0.29, 0.717) is 21.7 Å². The van der Waals surface area contributed by atoms with E-state index in [1.165, 1.54) is 37.3 Å². The fraction of sp³-hybridized carbons (Fsp3) is 0.120. The minimum Gasteiger partial charge on any atom is -0.382 e. The molecule has 0 spiro atoms. The number of carbonyl (C=O) groups excluding carboxylic acids is 1. The molecule has 12 heteroatoms. The normalized spacial score (nSPS) is 12.8. The number of halogens is 1. The summed E-state index contributed by atoms with van der Waals surface area (Å²) in [5.41, 5.74) is 1.00. The number of anilines is 1. The predicted octanol–water partition coefficient (Wildman–Crippen LogP) is 3.26. The van der Waals surface area contributed by atoms with E-state index in [1.54, 1.807) is 36.4 Å². The first kappa shape index (κ1) is 26.0. The average molecular weight is 540 g/mol. The number of H-pyrrole nitrogens is 1. The number of hydrogen-bond acceptors (Lipinski definition) is 7. The van der Waals surface area contributed by atoms with Gasteiger partial charge in [-0.15, -0.1) is 0 Å². The van der Waals surface area contributed by atoms with Gasteiger partial charge in [0.25, 0.3) is 15.6 Å². The molecule has 0 saturated carbocycles. The molecular formula is C25H22ClN5O5S. The van der Waals surface area contributed by atoms with Gasteiger partial charge in [0.05, 0.1) is 15.9 Å². The third-order valence-electron chi connectivity index (χ3n) is 5.32. The SMILES string of the molecule is CC(=O)Nc1ccc([C@@H](O)/C(=N/NS(=O)(=O)c2ccc(C)cc2)c2nc3ccc(Cl)cc3[nH]c2=O)cc1. The molecule has 37 heavy (non-hydrogen) atoms. The van der Waals surface area contributed by atoms with Gasteiger partial charge in [-0.25, -0.2) is 4.98 Å². The minimum atomic E-state index is -4.13. The van der Waals surface area contributed by atoms with Crippen molar-refractivity contribution in [2.45, 2.75) is 24.8 Å². The topological polar surface area (TPSA) is 154 Å². The summed E-state index contributed by atoms with van der Waals surface area (Å²) in [5.74, 6) is -0.270. The molecule has 0 aliphatic carbocycles. The van der Waals surface area contributed by atoms with E-state index in [-0.39, 0.29) is 27.8 Å². The van der Waals surface area contributed by atoms with Gasteiger partial charge in [0, 0.05) is 17.6 Å². The monoisotopic (exact) mass is 539 g/mol. The zero-order valence-corrected chi connectivity index (χ0v) is 21.3. The number of benzene rings is 3. The van der Waals surface area contributed by atoms with E-state index in [2.05, 4.69) is 25.2 Å². The number of hydrogen-bond donors (Lipinski definition) is 4. The Morgan fingerprint density at radius 2 is 1.76 bits per heavy atom. The lowest BCUT2D eigenvalue weighted by atomic mass is 10.0. The van der Waals surface area contributed by atoms with Crippen molar-refractivity contribution in [3.8, 4) is 0 Å². The zero-order valence-electron chi connectivity index (χ0n) is 19.7. The summed E-state index contributed by atoms with van der Waals surface area (Å²) in [5, 5.41) is 18.1. The number of rotatable bonds is 7. The fourth-order valence-corrected chi connectivity index (χ4v) is 4.46. The van der Waals surface area contributed by atoms with Crippen molar-refractivity contribution >= 4 is 50.0 Å². The maximum absolute atomic E-state index is 13.0. The zero-order chi connectivity index (χ0) is 26.7. The van der Waals surface area contributed by atoms with Gasteiger partial charge >= 0.3 is 0 Å². The molecule has 1 heterocycles. The van der Waals surface area contributed by atoms with Crippen LogP contribution in [-0.2, 0) is 14.8 Å². The van der Waals surface area contributed by atoms with Crippen LogP contribution < -0.4 is 15.7 Å². The van der Waals surface area contributed by atoms with Crippen LogP contribution in [0, 0.1) is 6.92 Å². The van der Waals surface area contributed by atoms with Gasteiger partial charge in [0.15, 0.2) is 5.69 Å². The van der Waals surface area contributed by atoms with Gasteiger partial charge in [-0.1, -0.05) is 41.4 Å². The molecule has 0 bridgehead atoms. The second kappa shape index (κ2) is 10.5. The van der Waals surface area contributed by atoms with Crippen LogP contribution in [0.1, 0.15) is 29.8 Å². The molecule has 10 nitrogen and oxygen atoms in total. The number of nitrogens with zero attached hydrogens (tertiary/aromatic N) is 2. The Morgan fingerprint density at radius 1 is 1.08 bits per heavy atom. The molecule has 4 aromatic rings. The molecule has 1 aromatic heterocycles. The van der Waals surface area contributed by atoms with Crippen molar-refractivity contribution in [1.82, 2.24) is 14.8 Å². The van der Waals surface area contributed by atoms with Gasteiger partial charge in [-0.2, -0.15) is 18.4 Å². The van der Waals surface area contributed by atoms with Crippen molar-refractivity contribution in [1.29, 1.82) is 0 Å². The van der Waals surface area contributed by atoms with Gasteiger partial charge in [-0.05, 0) is 55.0 Å². The summed E-state index contributed by atoms with van der Waals surface area (Å²) >= 11 is 6.00. The number of sulfonamides is 1. The number of fused-ring (bicyclic) bond motifs is 1. The van der Waals surface area contributed by atoms with Crippen LogP contribution in [0.15, 0.2) is 81.5 Å². The van der Waals surface area contributed by atoms with Crippen LogP contribution >= 0.6 is 11.6 Å². The first-order valence-corrected chi connectivity index (χ1v) is 12.8. The number of aliphatic hydroxyl groups excluding tert-OH is 1. The van der Waals surface area contributed by atoms with Crippen molar-refractivity contribution < 1.29 is 18.3 Å². The molecule has 0 aliphatic heterocycles. The summed E-state index contributed by atoms with van der Waals surface area (Å²) in [6, 6.07) is 16.9. The Kier molecular flexibility index (Phi) is 7.39. The number of aryl methyl sites for hydroxylation is 1. The molecule has 0 unspecified atom stereocenters. The maximum atomic E-state index is 13.0. The van der Waals surface area contributed by atoms with Gasteiger partial charge < -0.3 is 15.4 Å². The van der Waals surface area contributed by atoms with Gasteiger partial charge in [0.2, 0.25) is 5.91 Å². The third-order valence-corrected chi connectivity index (χ3v) is 6.78. The van der Waals surface area contributed by atoms with Crippen LogP contribution in [-0.4, -0.2) is 35.1 Å². The van der Waals surface area contributed by atoms with Crippen LogP contribution in [0.4, 0.5) is 5.69 Å². The molecule has 4 rings (SSSR count). The van der Waals surface area contributed by atoms with Crippen molar-refractivity contribution in [2.75, 3.05) is 5.32 Å². The van der Waals surface area contributed by atoms with Crippen LogP contribution in [0.3, 0.4) is 0 Å². The molecule has 0 aliphatic rings.